The Balaban J connectivity index is 1.81. The number of piperidine rings is 1. The number of aromatic nitrogens is 2. The molecule has 0 atom stereocenters. The first kappa shape index (κ1) is 16.4. The summed E-state index contributed by atoms with van der Waals surface area (Å²) in [6.45, 7) is 1.47. The molecule has 1 fully saturated rings. The lowest BCUT2D eigenvalue weighted by Crippen LogP contribution is -2.36. The summed E-state index contributed by atoms with van der Waals surface area (Å²) in [5, 5.41) is 12.7. The summed E-state index contributed by atoms with van der Waals surface area (Å²) in [5.41, 5.74) is 0.610. The Hall–Kier alpha value is -1.44. The second-order valence-corrected chi connectivity index (χ2v) is 6.60. The first-order valence-electron chi connectivity index (χ1n) is 7.20. The Bertz CT molecular complexity index is 710. The van der Waals surface area contributed by atoms with Crippen LogP contribution in [0.25, 0.3) is 0 Å². The number of aliphatic hydroxyl groups is 1. The second kappa shape index (κ2) is 6.98. The zero-order valence-electron chi connectivity index (χ0n) is 12.1. The number of halogens is 3. The largest absolute Gasteiger partial charge is 0.393 e. The normalized spacial score (nSPS) is 15.7. The predicted octanol–water partition coefficient (Wildman–Crippen LogP) is 3.74. The third-order valence-corrected chi connectivity index (χ3v) is 4.51. The summed E-state index contributed by atoms with van der Waals surface area (Å²) in [6, 6.07) is 4.35. The Morgan fingerprint density at radius 1 is 1.35 bits per heavy atom. The van der Waals surface area contributed by atoms with Crippen molar-refractivity contribution in [2.45, 2.75) is 18.9 Å². The summed E-state index contributed by atoms with van der Waals surface area (Å²) < 4.78 is 14.0. The minimum absolute atomic E-state index is 0.0392. The van der Waals surface area contributed by atoms with Crippen molar-refractivity contribution in [2.75, 3.05) is 23.3 Å². The van der Waals surface area contributed by atoms with E-state index in [4.69, 9.17) is 11.6 Å². The molecule has 0 spiro atoms. The summed E-state index contributed by atoms with van der Waals surface area (Å²) in [7, 11) is 0. The number of rotatable bonds is 3. The standard InChI is InChI=1S/C15H15BrClFN4O/c16-11-8-19-15(20-9-1-2-13(18)12(17)7-9)21-14(11)22-5-3-10(23)4-6-22/h1-2,7-8,10,23H,3-6H2,(H,19,20,21). The number of hydrogen-bond donors (Lipinski definition) is 2. The molecule has 0 radical (unpaired) electrons. The van der Waals surface area contributed by atoms with Crippen molar-refractivity contribution in [3.05, 3.63) is 39.7 Å². The van der Waals surface area contributed by atoms with Crippen LogP contribution < -0.4 is 10.2 Å². The molecule has 1 aliphatic heterocycles. The maximum absolute atomic E-state index is 13.2. The lowest BCUT2D eigenvalue weighted by Gasteiger charge is -2.31. The van der Waals surface area contributed by atoms with Crippen molar-refractivity contribution in [1.82, 2.24) is 9.97 Å². The highest BCUT2D eigenvalue weighted by Gasteiger charge is 2.20. The number of anilines is 3. The molecule has 1 saturated heterocycles. The van der Waals surface area contributed by atoms with E-state index >= 15 is 0 Å². The number of aliphatic hydroxyl groups excluding tert-OH is 1. The Morgan fingerprint density at radius 3 is 2.78 bits per heavy atom. The van der Waals surface area contributed by atoms with Gasteiger partial charge in [0.05, 0.1) is 15.6 Å². The third-order valence-electron chi connectivity index (χ3n) is 3.67. The van der Waals surface area contributed by atoms with Crippen molar-refractivity contribution in [3.8, 4) is 0 Å². The molecule has 1 aromatic carbocycles. The van der Waals surface area contributed by atoms with E-state index in [0.717, 1.165) is 23.4 Å². The van der Waals surface area contributed by atoms with E-state index in [1.807, 2.05) is 0 Å². The number of nitrogens with one attached hydrogen (secondary N) is 1. The van der Waals surface area contributed by atoms with Crippen LogP contribution in [-0.4, -0.2) is 34.3 Å². The molecular formula is C15H15BrClFN4O. The van der Waals surface area contributed by atoms with E-state index in [0.29, 0.717) is 24.5 Å². The minimum Gasteiger partial charge on any atom is -0.393 e. The van der Waals surface area contributed by atoms with Gasteiger partial charge in [-0.25, -0.2) is 9.37 Å². The molecule has 122 valence electrons. The molecule has 0 unspecified atom stereocenters. The molecule has 8 heteroatoms. The number of hydrogen-bond acceptors (Lipinski definition) is 5. The molecule has 23 heavy (non-hydrogen) atoms. The average Bonchev–Trinajstić information content (AvgIpc) is 2.54. The van der Waals surface area contributed by atoms with E-state index in [1.165, 1.54) is 12.1 Å². The van der Waals surface area contributed by atoms with E-state index in [-0.39, 0.29) is 11.1 Å². The Morgan fingerprint density at radius 2 is 2.09 bits per heavy atom. The lowest BCUT2D eigenvalue weighted by molar-refractivity contribution is 0.145. The molecule has 5 nitrogen and oxygen atoms in total. The van der Waals surface area contributed by atoms with Crippen LogP contribution in [0.15, 0.2) is 28.9 Å². The van der Waals surface area contributed by atoms with Crippen molar-refractivity contribution in [1.29, 1.82) is 0 Å². The van der Waals surface area contributed by atoms with Crippen LogP contribution in [0.4, 0.5) is 21.8 Å². The zero-order chi connectivity index (χ0) is 16.4. The second-order valence-electron chi connectivity index (χ2n) is 5.34. The van der Waals surface area contributed by atoms with Crippen LogP contribution in [0.5, 0.6) is 0 Å². The molecule has 2 aromatic rings. The van der Waals surface area contributed by atoms with E-state index < -0.39 is 5.82 Å². The molecule has 1 aromatic heterocycles. The lowest BCUT2D eigenvalue weighted by atomic mass is 10.1. The van der Waals surface area contributed by atoms with Gasteiger partial charge in [-0.15, -0.1) is 0 Å². The van der Waals surface area contributed by atoms with Gasteiger partial charge in [0.15, 0.2) is 0 Å². The molecule has 2 N–H and O–H groups in total. The van der Waals surface area contributed by atoms with Gasteiger partial charge in [-0.3, -0.25) is 0 Å². The molecule has 3 rings (SSSR count). The SMILES string of the molecule is OC1CCN(c2nc(Nc3ccc(F)c(Cl)c3)ncc2Br)CC1. The van der Waals surface area contributed by atoms with Crippen LogP contribution in [0.2, 0.25) is 5.02 Å². The Kier molecular flexibility index (Phi) is 4.99. The first-order chi connectivity index (χ1) is 11.0. The highest BCUT2D eigenvalue weighted by Crippen LogP contribution is 2.28. The van der Waals surface area contributed by atoms with Gasteiger partial charge in [-0.2, -0.15) is 4.98 Å². The fraction of sp³-hybridized carbons (Fsp3) is 0.333. The van der Waals surface area contributed by atoms with Crippen molar-refractivity contribution >= 4 is 45.0 Å². The van der Waals surface area contributed by atoms with Gasteiger partial charge < -0.3 is 15.3 Å². The predicted molar refractivity (Wildman–Crippen MR) is 91.9 cm³/mol. The van der Waals surface area contributed by atoms with Gasteiger partial charge >= 0.3 is 0 Å². The van der Waals surface area contributed by atoms with E-state index in [2.05, 4.69) is 36.1 Å². The fourth-order valence-corrected chi connectivity index (χ4v) is 3.04. The molecule has 0 saturated carbocycles. The van der Waals surface area contributed by atoms with Gasteiger partial charge in [0.2, 0.25) is 5.95 Å². The van der Waals surface area contributed by atoms with Crippen LogP contribution in [-0.2, 0) is 0 Å². The van der Waals surface area contributed by atoms with Crippen LogP contribution in [0.1, 0.15) is 12.8 Å². The monoisotopic (exact) mass is 400 g/mol. The van der Waals surface area contributed by atoms with Crippen molar-refractivity contribution in [3.63, 3.8) is 0 Å². The van der Waals surface area contributed by atoms with Crippen LogP contribution >= 0.6 is 27.5 Å². The van der Waals surface area contributed by atoms with E-state index in [1.54, 1.807) is 12.3 Å². The minimum atomic E-state index is -0.471. The molecule has 2 heterocycles. The topological polar surface area (TPSA) is 61.3 Å². The van der Waals surface area contributed by atoms with Gasteiger partial charge in [-0.1, -0.05) is 11.6 Å². The van der Waals surface area contributed by atoms with Crippen molar-refractivity contribution in [2.24, 2.45) is 0 Å². The summed E-state index contributed by atoms with van der Waals surface area (Å²) in [6.07, 6.45) is 2.85. The van der Waals surface area contributed by atoms with Gasteiger partial charge in [0.1, 0.15) is 11.6 Å². The molecule has 0 bridgehead atoms. The maximum Gasteiger partial charge on any atom is 0.229 e. The quantitative estimate of drug-likeness (QED) is 0.820. The van der Waals surface area contributed by atoms with Crippen molar-refractivity contribution < 1.29 is 9.50 Å². The molecule has 1 aliphatic rings. The van der Waals surface area contributed by atoms with Crippen LogP contribution in [0, 0.1) is 5.82 Å². The highest BCUT2D eigenvalue weighted by molar-refractivity contribution is 9.10. The molecule has 0 amide bonds. The highest BCUT2D eigenvalue weighted by atomic mass is 79.9. The number of benzene rings is 1. The number of nitrogens with zero attached hydrogens (tertiary/aromatic N) is 3. The zero-order valence-corrected chi connectivity index (χ0v) is 14.5. The summed E-state index contributed by atoms with van der Waals surface area (Å²) in [5.74, 6) is 0.695. The van der Waals surface area contributed by atoms with Gasteiger partial charge in [-0.05, 0) is 47.0 Å². The molecule has 0 aliphatic carbocycles. The first-order valence-corrected chi connectivity index (χ1v) is 8.37. The maximum atomic E-state index is 13.2. The summed E-state index contributed by atoms with van der Waals surface area (Å²) >= 11 is 9.24. The smallest absolute Gasteiger partial charge is 0.229 e. The van der Waals surface area contributed by atoms with Gasteiger partial charge in [0.25, 0.3) is 0 Å². The molecular weight excluding hydrogens is 387 g/mol. The fourth-order valence-electron chi connectivity index (χ4n) is 2.42. The Labute approximate surface area is 146 Å². The van der Waals surface area contributed by atoms with Gasteiger partial charge in [0, 0.05) is 25.0 Å². The van der Waals surface area contributed by atoms with E-state index in [9.17, 15) is 9.50 Å². The van der Waals surface area contributed by atoms with Crippen LogP contribution in [0.3, 0.4) is 0 Å². The summed E-state index contributed by atoms with van der Waals surface area (Å²) in [4.78, 5) is 10.8. The average molecular weight is 402 g/mol. The third kappa shape index (κ3) is 3.91.